The lowest BCUT2D eigenvalue weighted by Gasteiger charge is -2.14. The summed E-state index contributed by atoms with van der Waals surface area (Å²) in [5.74, 6) is 1.15. The van der Waals surface area contributed by atoms with Crippen molar-refractivity contribution >= 4 is 68.6 Å². The van der Waals surface area contributed by atoms with Gasteiger partial charge < -0.3 is 9.47 Å². The van der Waals surface area contributed by atoms with Gasteiger partial charge in [-0.3, -0.25) is 4.79 Å². The van der Waals surface area contributed by atoms with Crippen molar-refractivity contribution < 1.29 is 14.3 Å². The van der Waals surface area contributed by atoms with Gasteiger partial charge in [0.05, 0.1) is 27.7 Å². The molecule has 0 saturated carbocycles. The maximum Gasteiger partial charge on any atom is 0.280 e. The molecule has 0 atom stereocenters. The van der Waals surface area contributed by atoms with Gasteiger partial charge in [-0.05, 0) is 106 Å². The van der Waals surface area contributed by atoms with Crippen LogP contribution in [0.4, 0.5) is 5.69 Å². The Morgan fingerprint density at radius 2 is 1.75 bits per heavy atom. The summed E-state index contributed by atoms with van der Waals surface area (Å²) in [6.45, 7) is 2.29. The summed E-state index contributed by atoms with van der Waals surface area (Å²) < 4.78 is 13.8. The fraction of sp³-hybridized carbons (Fsp3) is 0.120. The van der Waals surface area contributed by atoms with Gasteiger partial charge in [0, 0.05) is 3.57 Å². The van der Waals surface area contributed by atoms with E-state index in [2.05, 4.69) is 62.4 Å². The van der Waals surface area contributed by atoms with Crippen LogP contribution in [-0.2, 0) is 11.4 Å². The van der Waals surface area contributed by atoms with E-state index in [0.29, 0.717) is 29.4 Å². The number of hydrazone groups is 1. The highest BCUT2D eigenvalue weighted by atomic mass is 127. The van der Waals surface area contributed by atoms with Crippen molar-refractivity contribution in [1.82, 2.24) is 0 Å². The average Bonchev–Trinajstić information content (AvgIpc) is 3.08. The van der Waals surface area contributed by atoms with Crippen LogP contribution in [0, 0.1) is 7.14 Å². The molecule has 0 fully saturated rings. The minimum absolute atomic E-state index is 0.151. The zero-order valence-electron chi connectivity index (χ0n) is 17.5. The molecule has 0 saturated heterocycles. The Labute approximate surface area is 214 Å². The first-order chi connectivity index (χ1) is 15.5. The molecule has 1 aliphatic rings. The van der Waals surface area contributed by atoms with E-state index in [1.807, 2.05) is 67.6 Å². The summed E-state index contributed by atoms with van der Waals surface area (Å²) in [5.41, 5.74) is 3.90. The molecule has 7 heteroatoms. The Morgan fingerprint density at radius 1 is 1.03 bits per heavy atom. The van der Waals surface area contributed by atoms with Crippen LogP contribution < -0.4 is 14.5 Å². The van der Waals surface area contributed by atoms with E-state index in [1.165, 1.54) is 8.58 Å². The van der Waals surface area contributed by atoms with E-state index < -0.39 is 0 Å². The van der Waals surface area contributed by atoms with Gasteiger partial charge in [0.2, 0.25) is 0 Å². The molecule has 1 heterocycles. The van der Waals surface area contributed by atoms with Crippen molar-refractivity contribution in [2.75, 3.05) is 12.1 Å². The van der Waals surface area contributed by atoms with Crippen molar-refractivity contribution in [2.24, 2.45) is 5.10 Å². The minimum atomic E-state index is -0.151. The molecule has 3 aromatic rings. The monoisotopic (exact) mass is 650 g/mol. The molecule has 0 N–H and O–H groups in total. The van der Waals surface area contributed by atoms with Crippen LogP contribution in [0.2, 0.25) is 0 Å². The van der Waals surface area contributed by atoms with E-state index in [4.69, 9.17) is 9.47 Å². The molecule has 1 amide bonds. The van der Waals surface area contributed by atoms with Gasteiger partial charge in [-0.1, -0.05) is 30.3 Å². The first-order valence-corrected chi connectivity index (χ1v) is 12.0. The number of halogens is 2. The number of rotatable bonds is 6. The second-order valence-electron chi connectivity index (χ2n) is 7.15. The summed E-state index contributed by atoms with van der Waals surface area (Å²) in [6.07, 6.45) is 1.84. The molecule has 162 valence electrons. The van der Waals surface area contributed by atoms with Gasteiger partial charge in [-0.15, -0.1) is 0 Å². The number of hydrogen-bond donors (Lipinski definition) is 0. The summed E-state index contributed by atoms with van der Waals surface area (Å²) in [6, 6.07) is 21.5. The maximum absolute atomic E-state index is 13.0. The predicted molar refractivity (Wildman–Crippen MR) is 144 cm³/mol. The van der Waals surface area contributed by atoms with Crippen LogP contribution in [0.3, 0.4) is 0 Å². The number of nitrogens with zero attached hydrogens (tertiary/aromatic N) is 2. The van der Waals surface area contributed by atoms with E-state index >= 15 is 0 Å². The standard InChI is InChI=1S/C25H20I2N2O3/c1-16-21(25(30)29(28-16)20-6-4-3-5-7-20)12-18-13-22(27)24(23(14-18)31-2)32-15-17-8-10-19(26)11-9-17/h3-14H,15H2,1-2H3/b21-12+. The lowest BCUT2D eigenvalue weighted by molar-refractivity contribution is -0.114. The summed E-state index contributed by atoms with van der Waals surface area (Å²) in [5, 5.41) is 5.88. The zero-order valence-corrected chi connectivity index (χ0v) is 21.8. The van der Waals surface area contributed by atoms with E-state index in [9.17, 15) is 4.79 Å². The van der Waals surface area contributed by atoms with Crippen LogP contribution in [-0.4, -0.2) is 18.7 Å². The molecule has 3 aromatic carbocycles. The lowest BCUT2D eigenvalue weighted by atomic mass is 10.1. The van der Waals surface area contributed by atoms with Crippen LogP contribution in [0.25, 0.3) is 6.08 Å². The number of amides is 1. The predicted octanol–water partition coefficient (Wildman–Crippen LogP) is 6.29. The molecular formula is C25H20I2N2O3. The van der Waals surface area contributed by atoms with Crippen LogP contribution in [0.1, 0.15) is 18.1 Å². The number of carbonyl (C=O) groups excluding carboxylic acids is 1. The lowest BCUT2D eigenvalue weighted by Crippen LogP contribution is -2.21. The highest BCUT2D eigenvalue weighted by Gasteiger charge is 2.28. The highest BCUT2D eigenvalue weighted by Crippen LogP contribution is 2.36. The number of para-hydroxylation sites is 1. The third kappa shape index (κ3) is 4.98. The molecule has 5 nitrogen and oxygen atoms in total. The van der Waals surface area contributed by atoms with E-state index in [0.717, 1.165) is 20.4 Å². The van der Waals surface area contributed by atoms with Crippen LogP contribution >= 0.6 is 45.2 Å². The summed E-state index contributed by atoms with van der Waals surface area (Å²) in [4.78, 5) is 13.0. The van der Waals surface area contributed by atoms with E-state index in [-0.39, 0.29) is 5.91 Å². The van der Waals surface area contributed by atoms with Crippen LogP contribution in [0.5, 0.6) is 11.5 Å². The van der Waals surface area contributed by atoms with Crippen molar-refractivity contribution in [1.29, 1.82) is 0 Å². The van der Waals surface area contributed by atoms with Crippen molar-refractivity contribution in [3.8, 4) is 11.5 Å². The molecule has 0 aliphatic carbocycles. The molecule has 32 heavy (non-hydrogen) atoms. The quantitative estimate of drug-likeness (QED) is 0.233. The topological polar surface area (TPSA) is 51.1 Å². The largest absolute Gasteiger partial charge is 0.493 e. The number of ether oxygens (including phenoxy) is 2. The van der Waals surface area contributed by atoms with Crippen LogP contribution in [0.15, 0.2) is 77.4 Å². The van der Waals surface area contributed by atoms with Crippen molar-refractivity contribution in [3.63, 3.8) is 0 Å². The van der Waals surface area contributed by atoms with Crippen molar-refractivity contribution in [2.45, 2.75) is 13.5 Å². The second-order valence-corrected chi connectivity index (χ2v) is 9.55. The van der Waals surface area contributed by atoms with E-state index in [1.54, 1.807) is 7.11 Å². The van der Waals surface area contributed by atoms with Gasteiger partial charge in [0.15, 0.2) is 11.5 Å². The summed E-state index contributed by atoms with van der Waals surface area (Å²) >= 11 is 4.51. The molecule has 0 bridgehead atoms. The highest BCUT2D eigenvalue weighted by molar-refractivity contribution is 14.1. The van der Waals surface area contributed by atoms with Gasteiger partial charge in [-0.2, -0.15) is 10.1 Å². The Morgan fingerprint density at radius 3 is 2.44 bits per heavy atom. The normalized spacial score (nSPS) is 14.6. The third-order valence-electron chi connectivity index (χ3n) is 4.92. The Hall–Kier alpha value is -2.40. The smallest absolute Gasteiger partial charge is 0.280 e. The zero-order chi connectivity index (χ0) is 22.7. The fourth-order valence-electron chi connectivity index (χ4n) is 3.29. The number of carbonyl (C=O) groups is 1. The van der Waals surface area contributed by atoms with Gasteiger partial charge >= 0.3 is 0 Å². The minimum Gasteiger partial charge on any atom is -0.493 e. The average molecular weight is 650 g/mol. The molecule has 0 aromatic heterocycles. The maximum atomic E-state index is 13.0. The first kappa shape index (κ1) is 22.8. The van der Waals surface area contributed by atoms with Gasteiger partial charge in [0.25, 0.3) is 5.91 Å². The molecule has 0 spiro atoms. The Kier molecular flexibility index (Phi) is 7.14. The molecule has 0 radical (unpaired) electrons. The van der Waals surface area contributed by atoms with Crippen molar-refractivity contribution in [3.05, 3.63) is 90.6 Å². The number of benzene rings is 3. The number of hydrogen-bond acceptors (Lipinski definition) is 4. The SMILES string of the molecule is COc1cc(/C=C2/C(=O)N(c3ccccc3)N=C2C)cc(I)c1OCc1ccc(I)cc1. The van der Waals surface area contributed by atoms with Gasteiger partial charge in [-0.25, -0.2) is 0 Å². The molecule has 1 aliphatic heterocycles. The molecular weight excluding hydrogens is 630 g/mol. The Balaban J connectivity index is 1.59. The third-order valence-corrected chi connectivity index (χ3v) is 6.44. The fourth-order valence-corrected chi connectivity index (χ4v) is 4.44. The number of methoxy groups -OCH3 is 1. The molecule has 0 unspecified atom stereocenters. The van der Waals surface area contributed by atoms with Gasteiger partial charge in [0.1, 0.15) is 6.61 Å². The molecule has 4 rings (SSSR count). The summed E-state index contributed by atoms with van der Waals surface area (Å²) in [7, 11) is 1.62. The number of anilines is 1. The first-order valence-electron chi connectivity index (χ1n) is 9.88. The Bertz CT molecular complexity index is 1210. The second kappa shape index (κ2) is 10.0.